The Labute approximate surface area is 95.4 Å². The summed E-state index contributed by atoms with van der Waals surface area (Å²) >= 11 is 0. The summed E-state index contributed by atoms with van der Waals surface area (Å²) in [6, 6.07) is 0. The van der Waals surface area contributed by atoms with E-state index in [1.807, 2.05) is 6.92 Å². The molecule has 3 unspecified atom stereocenters. The second-order valence-corrected chi connectivity index (χ2v) is 11.6. The number of aliphatic hydroxyl groups is 3. The van der Waals surface area contributed by atoms with Crippen LogP contribution in [0.25, 0.3) is 0 Å². The summed E-state index contributed by atoms with van der Waals surface area (Å²) in [6.45, 7) is 7.92. The highest BCUT2D eigenvalue weighted by molar-refractivity contribution is 6.74. The van der Waals surface area contributed by atoms with Gasteiger partial charge in [-0.3, -0.25) is 0 Å². The van der Waals surface area contributed by atoms with Gasteiger partial charge in [-0.1, -0.05) is 13.3 Å². The van der Waals surface area contributed by atoms with Gasteiger partial charge in [0, 0.05) is 5.54 Å². The lowest BCUT2D eigenvalue weighted by molar-refractivity contribution is -0.0186. The smallest absolute Gasteiger partial charge is 0.169 e. The molecule has 0 bridgehead atoms. The van der Waals surface area contributed by atoms with Gasteiger partial charge in [-0.25, -0.2) is 0 Å². The summed E-state index contributed by atoms with van der Waals surface area (Å²) in [4.78, 5) is 0. The van der Waals surface area contributed by atoms with Crippen molar-refractivity contribution in [1.29, 1.82) is 0 Å². The van der Waals surface area contributed by atoms with Crippen LogP contribution in [0.1, 0.15) is 13.3 Å². The summed E-state index contributed by atoms with van der Waals surface area (Å²) < 4.78 is 5.82. The second kappa shape index (κ2) is 6.77. The van der Waals surface area contributed by atoms with E-state index in [0.29, 0.717) is 0 Å². The van der Waals surface area contributed by atoms with Gasteiger partial charge in [-0.05, 0) is 19.6 Å². The van der Waals surface area contributed by atoms with Gasteiger partial charge < -0.3 is 19.4 Å². The summed E-state index contributed by atoms with van der Waals surface area (Å²) in [5.41, 5.74) is 0.0267. The lowest BCUT2D eigenvalue weighted by Gasteiger charge is -2.27. The van der Waals surface area contributed by atoms with Gasteiger partial charge in [-0.2, -0.15) is 0 Å². The Morgan fingerprint density at radius 1 is 1.27 bits per heavy atom. The van der Waals surface area contributed by atoms with E-state index in [1.54, 1.807) is 0 Å². The normalized spacial score (nSPS) is 19.4. The van der Waals surface area contributed by atoms with E-state index in [1.165, 1.54) is 0 Å². The van der Waals surface area contributed by atoms with Gasteiger partial charge in [0.15, 0.2) is 18.1 Å². The predicted octanol–water partition coefficient (Wildman–Crippen LogP) is -0.166. The van der Waals surface area contributed by atoms with Crippen LogP contribution in [0.3, 0.4) is 0 Å². The first-order valence-corrected chi connectivity index (χ1v) is 10.2. The van der Waals surface area contributed by atoms with Crippen LogP contribution in [-0.4, -0.2) is 52.2 Å². The minimum absolute atomic E-state index is 0.0267. The van der Waals surface area contributed by atoms with Gasteiger partial charge in [0.2, 0.25) is 0 Å². The molecule has 0 heterocycles. The first-order valence-electron chi connectivity index (χ1n) is 5.42. The third-order valence-electron chi connectivity index (χ3n) is 2.32. The van der Waals surface area contributed by atoms with Crippen LogP contribution < -0.4 is 0 Å². The maximum atomic E-state index is 9.73. The van der Waals surface area contributed by atoms with E-state index in [9.17, 15) is 10.2 Å². The fourth-order valence-electron chi connectivity index (χ4n) is 1.24. The van der Waals surface area contributed by atoms with Crippen LogP contribution in [0, 0.1) is 0 Å². The molecule has 92 valence electrons. The maximum absolute atomic E-state index is 9.73. The Morgan fingerprint density at radius 3 is 2.13 bits per heavy atom. The van der Waals surface area contributed by atoms with E-state index in [4.69, 9.17) is 9.22 Å². The minimum Gasteiger partial charge on any atom is -0.460 e. The van der Waals surface area contributed by atoms with Crippen LogP contribution >= 0.6 is 0 Å². The third kappa shape index (κ3) is 6.44. The minimum atomic E-state index is -1.52. The van der Waals surface area contributed by atoms with E-state index >= 15 is 0 Å². The molecule has 0 saturated heterocycles. The molecule has 3 N–H and O–H groups in total. The standard InChI is InChI=1S/C9H24O4Si2/c1-5-8(9(12)7(11)6-10)14-13-15(2,3)4/h7-12H,5-6,14H2,1-4H3. The van der Waals surface area contributed by atoms with Crippen molar-refractivity contribution in [3.63, 3.8) is 0 Å². The molecule has 0 aliphatic heterocycles. The van der Waals surface area contributed by atoms with Gasteiger partial charge in [-0.15, -0.1) is 0 Å². The van der Waals surface area contributed by atoms with Gasteiger partial charge in [0.05, 0.1) is 12.7 Å². The van der Waals surface area contributed by atoms with Crippen molar-refractivity contribution in [2.75, 3.05) is 6.61 Å². The highest BCUT2D eigenvalue weighted by atomic mass is 28.4. The Hall–Kier alpha value is 0.274. The van der Waals surface area contributed by atoms with Crippen molar-refractivity contribution >= 4 is 18.1 Å². The van der Waals surface area contributed by atoms with Crippen LogP contribution in [0.5, 0.6) is 0 Å². The lowest BCUT2D eigenvalue weighted by Crippen LogP contribution is -2.38. The number of rotatable bonds is 7. The Morgan fingerprint density at radius 2 is 1.80 bits per heavy atom. The molecule has 6 heteroatoms. The Bertz CT molecular complexity index is 172. The topological polar surface area (TPSA) is 69.9 Å². The van der Waals surface area contributed by atoms with Crippen LogP contribution in [0.15, 0.2) is 0 Å². The van der Waals surface area contributed by atoms with E-state index in [0.717, 1.165) is 6.42 Å². The number of hydrogen-bond acceptors (Lipinski definition) is 4. The monoisotopic (exact) mass is 252 g/mol. The zero-order chi connectivity index (χ0) is 12.1. The summed E-state index contributed by atoms with van der Waals surface area (Å²) in [7, 11) is -2.36. The van der Waals surface area contributed by atoms with E-state index in [-0.39, 0.29) is 12.1 Å². The maximum Gasteiger partial charge on any atom is 0.169 e. The van der Waals surface area contributed by atoms with Crippen LogP contribution in [-0.2, 0) is 4.12 Å². The number of hydrogen-bond donors (Lipinski definition) is 3. The molecule has 4 nitrogen and oxygen atoms in total. The molecule has 0 aromatic rings. The molecule has 0 saturated carbocycles. The van der Waals surface area contributed by atoms with Crippen molar-refractivity contribution in [3.05, 3.63) is 0 Å². The van der Waals surface area contributed by atoms with Crippen molar-refractivity contribution in [3.8, 4) is 0 Å². The molecule has 0 radical (unpaired) electrons. The first kappa shape index (κ1) is 15.3. The fraction of sp³-hybridized carbons (Fsp3) is 1.00. The van der Waals surface area contributed by atoms with Gasteiger partial charge >= 0.3 is 0 Å². The lowest BCUT2D eigenvalue weighted by atomic mass is 10.1. The largest absolute Gasteiger partial charge is 0.460 e. The SMILES string of the molecule is CCC([SiH2]O[Si](C)(C)C)C(O)C(O)CO. The Kier molecular flexibility index (Phi) is 6.89. The van der Waals surface area contributed by atoms with E-state index in [2.05, 4.69) is 19.6 Å². The summed E-state index contributed by atoms with van der Waals surface area (Å²) in [5, 5.41) is 27.8. The molecule has 0 aliphatic carbocycles. The molecule has 0 rings (SSSR count). The average Bonchev–Trinajstić information content (AvgIpc) is 2.15. The summed E-state index contributed by atoms with van der Waals surface area (Å²) in [6.07, 6.45) is -1.09. The molecule has 0 aliphatic rings. The average molecular weight is 252 g/mol. The van der Waals surface area contributed by atoms with Gasteiger partial charge in [0.1, 0.15) is 6.10 Å². The van der Waals surface area contributed by atoms with Crippen molar-refractivity contribution in [2.45, 2.75) is 50.7 Å². The highest BCUT2D eigenvalue weighted by Gasteiger charge is 2.27. The molecule has 15 heavy (non-hydrogen) atoms. The van der Waals surface area contributed by atoms with Crippen LogP contribution in [0.4, 0.5) is 0 Å². The quantitative estimate of drug-likeness (QED) is 0.551. The molecule has 3 atom stereocenters. The highest BCUT2D eigenvalue weighted by Crippen LogP contribution is 2.19. The molecule has 0 spiro atoms. The zero-order valence-corrected chi connectivity index (χ0v) is 12.5. The fourth-order valence-corrected chi connectivity index (χ4v) is 4.84. The molecule has 0 aromatic carbocycles. The van der Waals surface area contributed by atoms with E-state index < -0.39 is 30.3 Å². The van der Waals surface area contributed by atoms with Crippen molar-refractivity contribution in [1.82, 2.24) is 0 Å². The van der Waals surface area contributed by atoms with Gasteiger partial charge in [0.25, 0.3) is 0 Å². The Balaban J connectivity index is 4.13. The van der Waals surface area contributed by atoms with Crippen molar-refractivity contribution < 1.29 is 19.4 Å². The molecule has 0 aromatic heterocycles. The number of aliphatic hydroxyl groups excluding tert-OH is 3. The van der Waals surface area contributed by atoms with Crippen molar-refractivity contribution in [2.24, 2.45) is 0 Å². The van der Waals surface area contributed by atoms with Crippen LogP contribution in [0.2, 0.25) is 25.2 Å². The molecule has 0 amide bonds. The molecular formula is C9H24O4Si2. The summed E-state index contributed by atoms with van der Waals surface area (Å²) in [5.74, 6) is 0. The third-order valence-corrected chi connectivity index (χ3v) is 7.94. The second-order valence-electron chi connectivity index (χ2n) is 4.83. The first-order chi connectivity index (χ1) is 6.81. The zero-order valence-electron chi connectivity index (χ0n) is 10.1. The predicted molar refractivity (Wildman–Crippen MR) is 66.1 cm³/mol. The molecular weight excluding hydrogens is 228 g/mol. The molecule has 0 fully saturated rings.